The number of amides is 1. The Bertz CT molecular complexity index is 624. The van der Waals surface area contributed by atoms with Gasteiger partial charge in [-0.05, 0) is 42.8 Å². The van der Waals surface area contributed by atoms with E-state index >= 15 is 0 Å². The van der Waals surface area contributed by atoms with Gasteiger partial charge in [-0.1, -0.05) is 0 Å². The highest BCUT2D eigenvalue weighted by molar-refractivity contribution is 5.92. The third-order valence-corrected chi connectivity index (χ3v) is 2.66. The van der Waals surface area contributed by atoms with Crippen LogP contribution < -0.4 is 16.2 Å². The molecule has 0 saturated carbocycles. The van der Waals surface area contributed by atoms with E-state index in [2.05, 4.69) is 0 Å². The van der Waals surface area contributed by atoms with Crippen LogP contribution in [0.4, 0.5) is 10.1 Å². The van der Waals surface area contributed by atoms with Gasteiger partial charge in [-0.25, -0.2) is 4.39 Å². The third kappa shape index (κ3) is 2.82. The summed E-state index contributed by atoms with van der Waals surface area (Å²) >= 11 is 0. The lowest BCUT2D eigenvalue weighted by Crippen LogP contribution is -2.10. The van der Waals surface area contributed by atoms with Gasteiger partial charge in [-0.2, -0.15) is 0 Å². The second-order valence-electron chi connectivity index (χ2n) is 4.13. The van der Waals surface area contributed by atoms with E-state index in [4.69, 9.17) is 16.2 Å². The maximum absolute atomic E-state index is 13.3. The van der Waals surface area contributed by atoms with Crippen molar-refractivity contribution >= 4 is 11.6 Å². The number of primary amides is 1. The van der Waals surface area contributed by atoms with Gasteiger partial charge in [-0.3, -0.25) is 4.79 Å². The Morgan fingerprint density at radius 1 is 1.21 bits per heavy atom. The lowest BCUT2D eigenvalue weighted by Gasteiger charge is -2.10. The number of rotatable bonds is 3. The summed E-state index contributed by atoms with van der Waals surface area (Å²) in [5.74, 6) is -0.0361. The summed E-state index contributed by atoms with van der Waals surface area (Å²) in [6.45, 7) is 1.62. The summed E-state index contributed by atoms with van der Waals surface area (Å²) in [4.78, 5) is 10.9. The molecule has 0 aliphatic rings. The fourth-order valence-corrected chi connectivity index (χ4v) is 1.57. The summed E-state index contributed by atoms with van der Waals surface area (Å²) in [5.41, 5.74) is 11.9. The second-order valence-corrected chi connectivity index (χ2v) is 4.13. The molecule has 19 heavy (non-hydrogen) atoms. The zero-order valence-corrected chi connectivity index (χ0v) is 10.3. The van der Waals surface area contributed by atoms with Gasteiger partial charge in [0, 0.05) is 11.6 Å². The van der Waals surface area contributed by atoms with Gasteiger partial charge in [-0.15, -0.1) is 0 Å². The molecule has 0 unspecified atom stereocenters. The number of aryl methyl sites for hydroxylation is 1. The lowest BCUT2D eigenvalue weighted by atomic mass is 10.2. The van der Waals surface area contributed by atoms with E-state index in [1.807, 2.05) is 0 Å². The fourth-order valence-electron chi connectivity index (χ4n) is 1.57. The van der Waals surface area contributed by atoms with E-state index in [0.717, 1.165) is 0 Å². The molecule has 0 heterocycles. The van der Waals surface area contributed by atoms with E-state index in [0.29, 0.717) is 22.6 Å². The number of carbonyl (C=O) groups excluding carboxylic acids is 1. The summed E-state index contributed by atoms with van der Waals surface area (Å²) in [5, 5.41) is 0. The minimum Gasteiger partial charge on any atom is -0.455 e. The smallest absolute Gasteiger partial charge is 0.248 e. The molecule has 2 aromatic carbocycles. The van der Waals surface area contributed by atoms with Crippen molar-refractivity contribution in [2.75, 3.05) is 5.73 Å². The van der Waals surface area contributed by atoms with Crippen LogP contribution in [0.3, 0.4) is 0 Å². The van der Waals surface area contributed by atoms with Crippen LogP contribution in [0.5, 0.6) is 11.5 Å². The van der Waals surface area contributed by atoms with Crippen LogP contribution in [0.2, 0.25) is 0 Å². The molecule has 0 aromatic heterocycles. The van der Waals surface area contributed by atoms with Gasteiger partial charge in [0.15, 0.2) is 5.75 Å². The SMILES string of the molecule is Cc1cc(Oc2ccc(C(N)=O)cc2)c(N)cc1F. The molecule has 2 rings (SSSR count). The highest BCUT2D eigenvalue weighted by Gasteiger charge is 2.07. The highest BCUT2D eigenvalue weighted by Crippen LogP contribution is 2.29. The Labute approximate surface area is 109 Å². The fraction of sp³-hybridized carbons (Fsp3) is 0.0714. The number of benzene rings is 2. The van der Waals surface area contributed by atoms with Crippen LogP contribution in [0, 0.1) is 12.7 Å². The van der Waals surface area contributed by atoms with Crippen molar-refractivity contribution in [3.8, 4) is 11.5 Å². The first-order valence-corrected chi connectivity index (χ1v) is 5.60. The number of hydrogen-bond donors (Lipinski definition) is 2. The van der Waals surface area contributed by atoms with Gasteiger partial charge in [0.1, 0.15) is 11.6 Å². The monoisotopic (exact) mass is 260 g/mol. The number of ether oxygens (including phenoxy) is 1. The van der Waals surface area contributed by atoms with E-state index in [1.165, 1.54) is 12.1 Å². The zero-order chi connectivity index (χ0) is 14.0. The Kier molecular flexibility index (Phi) is 3.37. The highest BCUT2D eigenvalue weighted by atomic mass is 19.1. The minimum absolute atomic E-state index is 0.210. The van der Waals surface area contributed by atoms with Crippen LogP contribution in [-0.4, -0.2) is 5.91 Å². The molecule has 2 aromatic rings. The molecule has 4 N–H and O–H groups in total. The largest absolute Gasteiger partial charge is 0.455 e. The maximum Gasteiger partial charge on any atom is 0.248 e. The first kappa shape index (κ1) is 12.9. The van der Waals surface area contributed by atoms with Gasteiger partial charge in [0.05, 0.1) is 5.69 Å². The van der Waals surface area contributed by atoms with Crippen molar-refractivity contribution in [2.45, 2.75) is 6.92 Å². The predicted octanol–water partition coefficient (Wildman–Crippen LogP) is 2.61. The van der Waals surface area contributed by atoms with Gasteiger partial charge < -0.3 is 16.2 Å². The number of anilines is 1. The van der Waals surface area contributed by atoms with Crippen molar-refractivity contribution in [1.29, 1.82) is 0 Å². The van der Waals surface area contributed by atoms with Gasteiger partial charge in [0.25, 0.3) is 0 Å². The number of nitrogens with two attached hydrogens (primary N) is 2. The molecule has 0 saturated heterocycles. The average molecular weight is 260 g/mol. The van der Waals surface area contributed by atoms with Crippen LogP contribution in [0.15, 0.2) is 36.4 Å². The summed E-state index contributed by atoms with van der Waals surface area (Å²) in [7, 11) is 0. The summed E-state index contributed by atoms with van der Waals surface area (Å²) in [6.07, 6.45) is 0. The minimum atomic E-state index is -0.510. The van der Waals surface area contributed by atoms with Crippen LogP contribution in [-0.2, 0) is 0 Å². The summed E-state index contributed by atoms with van der Waals surface area (Å²) < 4.78 is 18.8. The molecule has 0 aliphatic carbocycles. The quantitative estimate of drug-likeness (QED) is 0.832. The Hall–Kier alpha value is -2.56. The Morgan fingerprint density at radius 3 is 2.42 bits per heavy atom. The molecule has 98 valence electrons. The molecule has 0 fully saturated rings. The van der Waals surface area contributed by atoms with Gasteiger partial charge >= 0.3 is 0 Å². The second kappa shape index (κ2) is 4.97. The number of carbonyl (C=O) groups is 1. The number of nitrogen functional groups attached to an aromatic ring is 1. The molecule has 0 radical (unpaired) electrons. The maximum atomic E-state index is 13.3. The molecule has 0 spiro atoms. The molecule has 0 atom stereocenters. The van der Waals surface area contributed by atoms with Crippen molar-refractivity contribution in [3.05, 3.63) is 53.3 Å². The number of hydrogen-bond acceptors (Lipinski definition) is 3. The van der Waals surface area contributed by atoms with Crippen molar-refractivity contribution in [3.63, 3.8) is 0 Å². The molecule has 1 amide bonds. The summed E-state index contributed by atoms with van der Waals surface area (Å²) in [6, 6.07) is 9.01. The molecular formula is C14H13FN2O2. The molecule has 5 heteroatoms. The Balaban J connectivity index is 2.26. The third-order valence-electron chi connectivity index (χ3n) is 2.66. The zero-order valence-electron chi connectivity index (χ0n) is 10.3. The molecule has 0 aliphatic heterocycles. The first-order valence-electron chi connectivity index (χ1n) is 5.60. The normalized spacial score (nSPS) is 10.2. The molecule has 0 bridgehead atoms. The van der Waals surface area contributed by atoms with Crippen molar-refractivity contribution in [2.24, 2.45) is 5.73 Å². The van der Waals surface area contributed by atoms with Gasteiger partial charge in [0.2, 0.25) is 5.91 Å². The van der Waals surface area contributed by atoms with Crippen molar-refractivity contribution in [1.82, 2.24) is 0 Å². The van der Waals surface area contributed by atoms with Crippen LogP contribution in [0.1, 0.15) is 15.9 Å². The first-order chi connectivity index (χ1) is 8.97. The van der Waals surface area contributed by atoms with E-state index < -0.39 is 5.91 Å². The Morgan fingerprint density at radius 2 is 1.84 bits per heavy atom. The van der Waals surface area contributed by atoms with Crippen LogP contribution in [0.25, 0.3) is 0 Å². The van der Waals surface area contributed by atoms with E-state index in [9.17, 15) is 9.18 Å². The number of halogens is 1. The van der Waals surface area contributed by atoms with Crippen LogP contribution >= 0.6 is 0 Å². The standard InChI is InChI=1S/C14H13FN2O2/c1-8-6-13(12(16)7-11(8)15)19-10-4-2-9(3-5-10)14(17)18/h2-7H,16H2,1H3,(H2,17,18). The topological polar surface area (TPSA) is 78.3 Å². The van der Waals surface area contributed by atoms with Crippen molar-refractivity contribution < 1.29 is 13.9 Å². The lowest BCUT2D eigenvalue weighted by molar-refractivity contribution is 0.100. The van der Waals surface area contributed by atoms with E-state index in [-0.39, 0.29) is 11.5 Å². The molecular weight excluding hydrogens is 247 g/mol. The predicted molar refractivity (Wildman–Crippen MR) is 70.6 cm³/mol. The van der Waals surface area contributed by atoms with E-state index in [1.54, 1.807) is 31.2 Å². The molecule has 4 nitrogen and oxygen atoms in total. The average Bonchev–Trinajstić information content (AvgIpc) is 2.36.